The Hall–Kier alpha value is -18.5. The molecule has 0 spiro atoms. The SMILES string of the molecule is [2H]c1c([2H])c([2H])c(-c2nc(-c3cccc(-n4c5ccccc5c5c6ccccc6c6c7ccccc7sc6c54)c3)nc3cccnc23)c([2H])c1[2H].c1ccc(-c2ccc(-c3nc(-c4cccc(-n5c6ccccc6c6c7ccccc7c7c8ccccc8sc7c65)c4)nc4cccnc34)cc2)cc1.c1ccc(-c2nc(-c3cccc(-n4c5ccccc5c5c6ccccc6c6c7ccccc7sc6c54)c3)nc3cccnc23)cc1. The second kappa shape index (κ2) is 33.7. The van der Waals surface area contributed by atoms with E-state index in [1.54, 1.807) is 35.9 Å². The first-order chi connectivity index (χ1) is 73.5. The van der Waals surface area contributed by atoms with Gasteiger partial charge < -0.3 is 13.7 Å². The van der Waals surface area contributed by atoms with Crippen molar-refractivity contribution in [2.45, 2.75) is 0 Å². The third-order valence-corrected chi connectivity index (χ3v) is 31.5. The standard InChI is InChI=1S/C47H28N4S.2C41H24N4S/c1-2-12-29(13-3-1)30-23-25-31(26-24-30)43-44-38(20-11-27-48-44)49-47(50-43)32-14-10-15-33(28-32)51-39-21-8-6-18-36(39)41-34-16-4-5-17-35(34)42-37-19-7-9-22-40(37)52-46(42)45(41)51;2*1-2-12-25(13-3-1)37-38-32(20-11-23-42-38)43-41(44-37)26-14-10-15-27(24-26)45-33-21-8-6-18-30(33)35-28-16-4-5-17-29(28)36-31-19-7-9-22-34(31)46-40(36)39(35)45/h1-28H;2*1-24H/i;1D,2D,3D,12D,13D;. The zero-order chi connectivity index (χ0) is 98.9. The number of thiophene rings is 3. The van der Waals surface area contributed by atoms with Crippen LogP contribution in [0.5, 0.6) is 0 Å². The van der Waals surface area contributed by atoms with Crippen molar-refractivity contribution >= 4 is 225 Å². The van der Waals surface area contributed by atoms with E-state index < -0.39 is 18.1 Å². The lowest BCUT2D eigenvalue weighted by Crippen LogP contribution is -1.98. The minimum atomic E-state index is -0.459. The van der Waals surface area contributed by atoms with Crippen LogP contribution in [0.4, 0.5) is 0 Å². The average molecular weight is 1900 g/mol. The lowest BCUT2D eigenvalue weighted by molar-refractivity contribution is 1.17. The van der Waals surface area contributed by atoms with Crippen molar-refractivity contribution in [3.05, 3.63) is 461 Å². The molecule has 31 rings (SSSR count). The van der Waals surface area contributed by atoms with Gasteiger partial charge in [-0.15, -0.1) is 34.0 Å². The molecule has 12 aromatic heterocycles. The summed E-state index contributed by atoms with van der Waals surface area (Å²) in [5.74, 6) is 1.71. The molecule has 31 aromatic rings. The molecule has 0 atom stereocenters. The molecule has 0 N–H and O–H groups in total. The van der Waals surface area contributed by atoms with Crippen molar-refractivity contribution in [2.75, 3.05) is 0 Å². The molecule has 0 fully saturated rings. The summed E-state index contributed by atoms with van der Waals surface area (Å²) in [7, 11) is 0. The van der Waals surface area contributed by atoms with Gasteiger partial charge in [-0.3, -0.25) is 15.0 Å². The second-order valence-electron chi connectivity index (χ2n) is 36.0. The van der Waals surface area contributed by atoms with E-state index in [9.17, 15) is 0 Å². The minimum absolute atomic E-state index is 0.00839. The predicted octanol–water partition coefficient (Wildman–Crippen LogP) is 34.6. The molecule has 670 valence electrons. The fourth-order valence-corrected chi connectivity index (χ4v) is 25.6. The Kier molecular flexibility index (Phi) is 18.1. The largest absolute Gasteiger partial charge is 0.308 e. The fraction of sp³-hybridized carbons (Fsp3) is 0. The summed E-state index contributed by atoms with van der Waals surface area (Å²) in [5, 5.41) is 22.7. The van der Waals surface area contributed by atoms with E-state index in [1.807, 2.05) is 89.5 Å². The smallest absolute Gasteiger partial charge is 0.160 e. The maximum atomic E-state index is 8.71. The highest BCUT2D eigenvalue weighted by Crippen LogP contribution is 2.53. The summed E-state index contributed by atoms with van der Waals surface area (Å²) >= 11 is 5.56. The van der Waals surface area contributed by atoms with E-state index >= 15 is 0 Å². The number of fused-ring (bicyclic) bond motifs is 33. The zero-order valence-electron chi connectivity index (χ0n) is 81.6. The van der Waals surface area contributed by atoms with Gasteiger partial charge in [0.2, 0.25) is 0 Å². The number of para-hydroxylation sites is 3. The lowest BCUT2D eigenvalue weighted by atomic mass is 9.99. The number of hydrogen-bond donors (Lipinski definition) is 0. The number of benzene rings is 19. The number of aromatic nitrogens is 12. The first-order valence-electron chi connectivity index (χ1n) is 50.3. The van der Waals surface area contributed by atoms with Crippen LogP contribution in [0.15, 0.2) is 461 Å². The molecular weight excluding hydrogens is 1810 g/mol. The van der Waals surface area contributed by atoms with Gasteiger partial charge in [0, 0.05) is 148 Å². The summed E-state index contributed by atoms with van der Waals surface area (Å²) in [6, 6.07) is 143. The van der Waals surface area contributed by atoms with Gasteiger partial charge in [0.05, 0.1) is 70.6 Å². The van der Waals surface area contributed by atoms with Crippen LogP contribution in [0.2, 0.25) is 0 Å². The van der Waals surface area contributed by atoms with E-state index in [2.05, 4.69) is 363 Å². The van der Waals surface area contributed by atoms with Crippen molar-refractivity contribution in [3.8, 4) is 96.1 Å². The highest BCUT2D eigenvalue weighted by Gasteiger charge is 2.29. The topological polar surface area (TPSA) is 131 Å². The van der Waals surface area contributed by atoms with Gasteiger partial charge in [0.1, 0.15) is 33.6 Å². The van der Waals surface area contributed by atoms with E-state index in [0.717, 1.165) is 94.8 Å². The molecular formula is C129H76N12S3. The highest BCUT2D eigenvalue weighted by atomic mass is 32.1. The molecule has 144 heavy (non-hydrogen) atoms. The Morgan fingerprint density at radius 1 is 0.201 bits per heavy atom. The molecule has 0 radical (unpaired) electrons. The molecule has 12 nitrogen and oxygen atoms in total. The predicted molar refractivity (Wildman–Crippen MR) is 604 cm³/mol. The van der Waals surface area contributed by atoms with Crippen LogP contribution < -0.4 is 0 Å². The van der Waals surface area contributed by atoms with Crippen LogP contribution in [0.3, 0.4) is 0 Å². The summed E-state index contributed by atoms with van der Waals surface area (Å²) in [5.41, 5.74) is 23.0. The fourth-order valence-electron chi connectivity index (χ4n) is 21.8. The van der Waals surface area contributed by atoms with Crippen LogP contribution in [0.25, 0.3) is 287 Å². The molecule has 0 bridgehead atoms. The quantitative estimate of drug-likeness (QED) is 0.131. The van der Waals surface area contributed by atoms with Crippen LogP contribution >= 0.6 is 34.0 Å². The Labute approximate surface area is 842 Å². The number of pyridine rings is 3. The van der Waals surface area contributed by atoms with Gasteiger partial charge in [-0.05, 0) is 153 Å². The first kappa shape index (κ1) is 77.4. The monoisotopic (exact) mass is 1890 g/mol. The van der Waals surface area contributed by atoms with Gasteiger partial charge in [-0.1, -0.05) is 334 Å². The Morgan fingerprint density at radius 3 is 0.826 bits per heavy atom. The summed E-state index contributed by atoms with van der Waals surface area (Å²) in [6.45, 7) is 0. The summed E-state index contributed by atoms with van der Waals surface area (Å²) < 4.78 is 57.0. The number of rotatable bonds is 10. The van der Waals surface area contributed by atoms with Crippen LogP contribution in [0.1, 0.15) is 6.85 Å². The summed E-state index contributed by atoms with van der Waals surface area (Å²) in [4.78, 5) is 44.1. The van der Waals surface area contributed by atoms with Gasteiger partial charge in [0.25, 0.3) is 0 Å². The Bertz CT molecular complexity index is 11100. The molecule has 19 aromatic carbocycles. The highest BCUT2D eigenvalue weighted by molar-refractivity contribution is 7.28. The average Bonchev–Trinajstić information content (AvgIpc) is 1.54. The lowest BCUT2D eigenvalue weighted by Gasteiger charge is -2.13. The van der Waals surface area contributed by atoms with E-state index in [4.69, 9.17) is 41.7 Å². The number of nitrogens with zero attached hydrogens (tertiary/aromatic N) is 12. The van der Waals surface area contributed by atoms with Gasteiger partial charge >= 0.3 is 0 Å². The molecule has 15 heteroatoms. The van der Waals surface area contributed by atoms with Crippen LogP contribution in [-0.2, 0) is 0 Å². The number of hydrogen-bond acceptors (Lipinski definition) is 12. The molecule has 0 saturated carbocycles. The molecule has 0 saturated heterocycles. The van der Waals surface area contributed by atoms with Crippen molar-refractivity contribution in [2.24, 2.45) is 0 Å². The first-order valence-corrected chi connectivity index (χ1v) is 50.2. The van der Waals surface area contributed by atoms with Gasteiger partial charge in [-0.25, -0.2) is 29.9 Å². The minimum Gasteiger partial charge on any atom is -0.308 e. The van der Waals surface area contributed by atoms with Crippen molar-refractivity contribution in [1.82, 2.24) is 58.6 Å². The third-order valence-electron chi connectivity index (χ3n) is 28.0. The molecule has 0 amide bonds. The maximum absolute atomic E-state index is 8.71. The van der Waals surface area contributed by atoms with E-state index in [-0.39, 0.29) is 23.3 Å². The van der Waals surface area contributed by atoms with Gasteiger partial charge in [-0.2, -0.15) is 0 Å². The van der Waals surface area contributed by atoms with Crippen LogP contribution in [-0.4, -0.2) is 58.6 Å². The molecule has 0 aliphatic rings. The Morgan fingerprint density at radius 2 is 0.472 bits per heavy atom. The zero-order valence-corrected chi connectivity index (χ0v) is 79.0. The maximum Gasteiger partial charge on any atom is 0.160 e. The second-order valence-corrected chi connectivity index (χ2v) is 39.2. The van der Waals surface area contributed by atoms with Crippen LogP contribution in [0, 0.1) is 0 Å². The van der Waals surface area contributed by atoms with E-state index in [0.29, 0.717) is 34.1 Å². The van der Waals surface area contributed by atoms with Crippen molar-refractivity contribution < 1.29 is 6.85 Å². The van der Waals surface area contributed by atoms with E-state index in [1.165, 1.54) is 147 Å². The Balaban J connectivity index is 0.000000105. The van der Waals surface area contributed by atoms with Gasteiger partial charge in [0.15, 0.2) is 17.5 Å². The van der Waals surface area contributed by atoms with Crippen molar-refractivity contribution in [3.63, 3.8) is 0 Å². The van der Waals surface area contributed by atoms with Crippen molar-refractivity contribution in [1.29, 1.82) is 0 Å². The molecule has 12 heterocycles. The normalized spacial score (nSPS) is 12.4. The molecule has 0 aliphatic carbocycles. The summed E-state index contributed by atoms with van der Waals surface area (Å²) in [6.07, 6.45) is 5.21. The molecule has 0 aliphatic heterocycles. The third kappa shape index (κ3) is 13.3. The molecule has 0 unspecified atom stereocenters.